The summed E-state index contributed by atoms with van der Waals surface area (Å²) in [5.74, 6) is -1.54. The highest BCUT2D eigenvalue weighted by atomic mass is 31.2. The lowest BCUT2D eigenvalue weighted by Crippen LogP contribution is -2.46. The van der Waals surface area contributed by atoms with Gasteiger partial charge >= 0.3 is 5.97 Å². The maximum Gasteiger partial charge on any atom is 0.343 e. The van der Waals surface area contributed by atoms with Crippen molar-refractivity contribution >= 4 is 25.7 Å². The Morgan fingerprint density at radius 1 is 1.04 bits per heavy atom. The Morgan fingerprint density at radius 3 is 2.56 bits per heavy atom. The molecule has 244 valence electrons. The van der Waals surface area contributed by atoms with Crippen molar-refractivity contribution in [2.45, 2.75) is 82.8 Å². The molecule has 0 saturated heterocycles. The number of ether oxygens (including phenoxy) is 2. The van der Waals surface area contributed by atoms with Crippen LogP contribution >= 0.6 is 7.75 Å². The molecule has 11 nitrogen and oxygen atoms in total. The zero-order valence-electron chi connectivity index (χ0n) is 25.3. The number of carbonyl (C=O) groups is 3. The molecular weight excluding hydrogens is 601 g/mol. The molecule has 1 N–H and O–H groups in total. The number of carbonyl (C=O) groups excluding carboxylic acids is 3. The highest BCUT2D eigenvalue weighted by Crippen LogP contribution is 2.61. The van der Waals surface area contributed by atoms with Crippen LogP contribution in [0, 0.1) is 17.3 Å². The lowest BCUT2D eigenvalue weighted by Gasteiger charge is -2.50. The van der Waals surface area contributed by atoms with Crippen LogP contribution in [-0.4, -0.2) is 43.3 Å². The van der Waals surface area contributed by atoms with Gasteiger partial charge in [-0.15, -0.1) is 0 Å². The van der Waals surface area contributed by atoms with Crippen molar-refractivity contribution in [2.24, 2.45) is 17.3 Å². The van der Waals surface area contributed by atoms with Crippen molar-refractivity contribution < 1.29 is 48.1 Å². The standard InChI is InChI=1S/C33H42NO10P/c1-33-17-16-25-24-11-9-23(44-32(39)21-6-3-2-4-7-21)20-22(24)8-10-26(25)27(33)12-14-29(33)42-18-5-19-43-45(40,41)34-28(31(37)38)13-15-30(35)36/h2-4,6-7,9,11,20,25-29H,5,8,10,12-19H2,1H3,(H,35,36)(H,37,38)(H2,34,40,41)/p-3/t25-,26-,27+,28+,29+,33+/m1/s1. The lowest BCUT2D eigenvalue weighted by molar-refractivity contribution is -0.310. The first-order valence-corrected chi connectivity index (χ1v) is 17.2. The van der Waals surface area contributed by atoms with E-state index in [4.69, 9.17) is 14.0 Å². The summed E-state index contributed by atoms with van der Waals surface area (Å²) in [7, 11) is -4.75. The van der Waals surface area contributed by atoms with Gasteiger partial charge in [-0.05, 0) is 116 Å². The molecule has 0 heterocycles. The van der Waals surface area contributed by atoms with E-state index in [1.54, 1.807) is 12.1 Å². The lowest BCUT2D eigenvalue weighted by atomic mass is 9.55. The van der Waals surface area contributed by atoms with E-state index in [1.807, 2.05) is 35.4 Å². The second-order valence-corrected chi connectivity index (χ2v) is 14.1. The summed E-state index contributed by atoms with van der Waals surface area (Å²) < 4.78 is 29.0. The van der Waals surface area contributed by atoms with Gasteiger partial charge in [-0.3, -0.25) is 4.57 Å². The fourth-order valence-corrected chi connectivity index (χ4v) is 8.84. The summed E-state index contributed by atoms with van der Waals surface area (Å²) in [6.07, 6.45) is 5.24. The monoisotopic (exact) mass is 640 g/mol. The Morgan fingerprint density at radius 2 is 1.82 bits per heavy atom. The van der Waals surface area contributed by atoms with Crippen molar-refractivity contribution in [3.8, 4) is 5.75 Å². The SMILES string of the molecule is C[C@]12CC[C@@H]3c4ccc(OC(=O)c5ccccc5)cc4CC[C@H]3[C@@H]1CC[C@@H]2OCCCOP(=O)([O-])N[C@@H](CCC(=O)[O-])C(=O)[O-]. The van der Waals surface area contributed by atoms with Crippen LogP contribution in [0.3, 0.4) is 0 Å². The van der Waals surface area contributed by atoms with Gasteiger partial charge in [-0.1, -0.05) is 31.2 Å². The van der Waals surface area contributed by atoms with Gasteiger partial charge in [-0.2, -0.15) is 0 Å². The van der Waals surface area contributed by atoms with E-state index in [-0.39, 0.29) is 30.5 Å². The molecule has 7 atom stereocenters. The Balaban J connectivity index is 1.11. The Hall–Kier alpha value is -3.08. The molecule has 3 aliphatic carbocycles. The van der Waals surface area contributed by atoms with E-state index < -0.39 is 38.6 Å². The molecule has 2 aromatic carbocycles. The zero-order valence-corrected chi connectivity index (χ0v) is 26.2. The van der Waals surface area contributed by atoms with Crippen LogP contribution in [0.5, 0.6) is 5.75 Å². The summed E-state index contributed by atoms with van der Waals surface area (Å²) in [5, 5.41) is 23.6. The number of fused-ring (bicyclic) bond motifs is 5. The molecule has 0 radical (unpaired) electrons. The van der Waals surface area contributed by atoms with Crippen LogP contribution < -0.4 is 24.9 Å². The molecule has 2 aromatic rings. The molecule has 0 bridgehead atoms. The predicted molar refractivity (Wildman–Crippen MR) is 157 cm³/mol. The first-order valence-electron chi connectivity index (χ1n) is 15.6. The van der Waals surface area contributed by atoms with E-state index in [0.29, 0.717) is 35.7 Å². The molecule has 2 saturated carbocycles. The second kappa shape index (κ2) is 14.1. The highest BCUT2D eigenvalue weighted by Gasteiger charge is 2.55. The van der Waals surface area contributed by atoms with Gasteiger partial charge in [0.05, 0.1) is 30.3 Å². The molecule has 5 rings (SSSR count). The topological polar surface area (TPSA) is 177 Å². The van der Waals surface area contributed by atoms with Gasteiger partial charge in [-0.25, -0.2) is 9.88 Å². The average molecular weight is 641 g/mol. The minimum Gasteiger partial charge on any atom is -0.766 e. The van der Waals surface area contributed by atoms with Crippen molar-refractivity contribution in [3.05, 3.63) is 65.2 Å². The predicted octanol–water partition coefficient (Wildman–Crippen LogP) is 2.26. The molecule has 45 heavy (non-hydrogen) atoms. The van der Waals surface area contributed by atoms with Crippen LogP contribution in [0.4, 0.5) is 0 Å². The van der Waals surface area contributed by atoms with Crippen molar-refractivity contribution in [3.63, 3.8) is 0 Å². The van der Waals surface area contributed by atoms with Gasteiger partial charge in [0, 0.05) is 12.6 Å². The normalized spacial score (nSPS) is 27.3. The molecule has 0 spiro atoms. The van der Waals surface area contributed by atoms with Gasteiger partial charge < -0.3 is 38.7 Å². The maximum atomic E-state index is 12.5. The number of aliphatic carboxylic acids is 2. The number of carboxylic acids is 2. The summed E-state index contributed by atoms with van der Waals surface area (Å²) in [6, 6.07) is 13.3. The van der Waals surface area contributed by atoms with E-state index in [2.05, 4.69) is 13.0 Å². The molecule has 0 amide bonds. The fraction of sp³-hybridized carbons (Fsp3) is 0.545. The number of nitrogens with one attached hydrogen (secondary N) is 1. The first-order chi connectivity index (χ1) is 21.5. The number of benzene rings is 2. The molecule has 12 heteroatoms. The molecule has 2 fully saturated rings. The third kappa shape index (κ3) is 7.84. The highest BCUT2D eigenvalue weighted by molar-refractivity contribution is 7.49. The van der Waals surface area contributed by atoms with Gasteiger partial charge in [0.15, 0.2) is 0 Å². The van der Waals surface area contributed by atoms with Crippen molar-refractivity contribution in [2.75, 3.05) is 13.2 Å². The average Bonchev–Trinajstić information content (AvgIpc) is 3.35. The van der Waals surface area contributed by atoms with Gasteiger partial charge in [0.25, 0.3) is 0 Å². The zero-order chi connectivity index (χ0) is 32.2. The van der Waals surface area contributed by atoms with E-state index >= 15 is 0 Å². The van der Waals surface area contributed by atoms with Crippen LogP contribution in [0.1, 0.15) is 85.7 Å². The Bertz CT molecular complexity index is 1430. The number of rotatable bonds is 14. The molecular formula is C33H39NO10P-3. The van der Waals surface area contributed by atoms with Crippen LogP contribution in [0.25, 0.3) is 0 Å². The number of hydrogen-bond donors (Lipinski definition) is 1. The number of carboxylic acid groups (broad SMARTS) is 2. The summed E-state index contributed by atoms with van der Waals surface area (Å²) in [4.78, 5) is 46.5. The molecule has 3 aliphatic rings. The second-order valence-electron chi connectivity index (χ2n) is 12.6. The summed E-state index contributed by atoms with van der Waals surface area (Å²) in [6.45, 7) is 2.40. The Labute approximate surface area is 262 Å². The minimum atomic E-state index is -4.75. The van der Waals surface area contributed by atoms with Gasteiger partial charge in [0.1, 0.15) is 5.75 Å². The molecule has 0 aliphatic heterocycles. The Kier molecular flexibility index (Phi) is 10.5. The smallest absolute Gasteiger partial charge is 0.343 e. The molecule has 0 aromatic heterocycles. The third-order valence-electron chi connectivity index (χ3n) is 9.94. The van der Waals surface area contributed by atoms with Crippen molar-refractivity contribution in [1.29, 1.82) is 0 Å². The largest absolute Gasteiger partial charge is 0.766 e. The van der Waals surface area contributed by atoms with Crippen LogP contribution in [0.2, 0.25) is 0 Å². The molecule has 1 unspecified atom stereocenters. The van der Waals surface area contributed by atoms with Crippen molar-refractivity contribution in [1.82, 2.24) is 5.09 Å². The summed E-state index contributed by atoms with van der Waals surface area (Å²) >= 11 is 0. The number of esters is 1. The van der Waals surface area contributed by atoms with Gasteiger partial charge in [0.2, 0.25) is 7.75 Å². The first kappa shape index (κ1) is 33.3. The minimum absolute atomic E-state index is 0.0147. The maximum absolute atomic E-state index is 12.5. The van der Waals surface area contributed by atoms with E-state index in [0.717, 1.165) is 38.5 Å². The number of hydrogen-bond acceptors (Lipinski definition) is 10. The third-order valence-corrected chi connectivity index (χ3v) is 11.1. The van der Waals surface area contributed by atoms with E-state index in [9.17, 15) is 34.1 Å². The quantitative estimate of drug-likeness (QED) is 0.139. The summed E-state index contributed by atoms with van der Waals surface area (Å²) in [5.41, 5.74) is 3.13. The fourth-order valence-electron chi connectivity index (χ4n) is 7.78. The number of aryl methyl sites for hydroxylation is 1. The van der Waals surface area contributed by atoms with E-state index in [1.165, 1.54) is 11.1 Å². The van der Waals surface area contributed by atoms with Crippen LogP contribution in [0.15, 0.2) is 48.5 Å². The van der Waals surface area contributed by atoms with Crippen LogP contribution in [-0.2, 0) is 29.8 Å².